The molecule has 0 saturated heterocycles. The summed E-state index contributed by atoms with van der Waals surface area (Å²) in [5.41, 5.74) is 0.599. The van der Waals surface area contributed by atoms with Gasteiger partial charge in [-0.15, -0.1) is 0 Å². The molecule has 1 fully saturated rings. The summed E-state index contributed by atoms with van der Waals surface area (Å²) in [6, 6.07) is 0. The minimum Gasteiger partial charge on any atom is -0.380 e. The van der Waals surface area contributed by atoms with Gasteiger partial charge in [-0.1, -0.05) is 22.9 Å². The molecule has 0 heterocycles. The van der Waals surface area contributed by atoms with Crippen LogP contribution in [0.15, 0.2) is 0 Å². The van der Waals surface area contributed by atoms with Gasteiger partial charge >= 0.3 is 0 Å². The van der Waals surface area contributed by atoms with E-state index >= 15 is 0 Å². The average molecular weight is 264 g/mol. The van der Waals surface area contributed by atoms with Crippen LogP contribution in [0.1, 0.15) is 26.7 Å². The number of halogens is 1. The number of nitrogens with zero attached hydrogens (tertiary/aromatic N) is 1. The number of likely N-dealkylation sites (N-methyl/N-ethyl adjacent to an activating group) is 1. The first-order valence-corrected chi connectivity index (χ1v) is 6.74. The van der Waals surface area contributed by atoms with Gasteiger partial charge in [0.1, 0.15) is 0 Å². The van der Waals surface area contributed by atoms with Gasteiger partial charge in [0.2, 0.25) is 0 Å². The van der Waals surface area contributed by atoms with Gasteiger partial charge in [0.15, 0.2) is 0 Å². The van der Waals surface area contributed by atoms with Gasteiger partial charge in [-0.3, -0.25) is 0 Å². The molecule has 1 aliphatic carbocycles. The second-order valence-corrected chi connectivity index (χ2v) is 4.76. The molecule has 3 heteroatoms. The van der Waals surface area contributed by atoms with E-state index in [9.17, 15) is 0 Å². The van der Waals surface area contributed by atoms with Gasteiger partial charge in [-0.05, 0) is 31.7 Å². The third-order valence-corrected chi connectivity index (χ3v) is 4.19. The molecule has 0 aliphatic heterocycles. The van der Waals surface area contributed by atoms with Crippen molar-refractivity contribution >= 4 is 15.9 Å². The fourth-order valence-electron chi connectivity index (χ4n) is 1.67. The third-order valence-electron chi connectivity index (χ3n) is 3.00. The highest BCUT2D eigenvalue weighted by Crippen LogP contribution is 2.47. The Kier molecular flexibility index (Phi) is 5.42. The van der Waals surface area contributed by atoms with Crippen molar-refractivity contribution in [2.75, 3.05) is 38.2 Å². The van der Waals surface area contributed by atoms with Gasteiger partial charge in [-0.25, -0.2) is 0 Å². The number of hydrogen-bond acceptors (Lipinski definition) is 2. The first kappa shape index (κ1) is 12.5. The normalized spacial score (nSPS) is 18.9. The topological polar surface area (TPSA) is 12.5 Å². The van der Waals surface area contributed by atoms with Gasteiger partial charge in [-0.2, -0.15) is 0 Å². The van der Waals surface area contributed by atoms with Crippen LogP contribution in [-0.4, -0.2) is 43.1 Å². The Morgan fingerprint density at radius 3 is 2.50 bits per heavy atom. The van der Waals surface area contributed by atoms with Gasteiger partial charge in [0.25, 0.3) is 0 Å². The predicted octanol–water partition coefficient (Wildman–Crippen LogP) is 2.52. The van der Waals surface area contributed by atoms with E-state index in [0.717, 1.165) is 31.6 Å². The summed E-state index contributed by atoms with van der Waals surface area (Å²) in [6.45, 7) is 9.46. The second kappa shape index (κ2) is 6.09. The summed E-state index contributed by atoms with van der Waals surface area (Å²) < 4.78 is 5.38. The number of alkyl halides is 1. The van der Waals surface area contributed by atoms with Crippen molar-refractivity contribution in [2.24, 2.45) is 5.41 Å². The van der Waals surface area contributed by atoms with E-state index in [-0.39, 0.29) is 0 Å². The zero-order chi connectivity index (χ0) is 10.4. The standard InChI is InChI=1S/C11H22BrNO/c1-3-13(7-8-14-4-2)10-11(9-12)5-6-11/h3-10H2,1-2H3. The lowest BCUT2D eigenvalue weighted by atomic mass is 10.1. The van der Waals surface area contributed by atoms with Crippen molar-refractivity contribution in [1.82, 2.24) is 4.90 Å². The molecule has 84 valence electrons. The van der Waals surface area contributed by atoms with Crippen molar-refractivity contribution in [3.63, 3.8) is 0 Å². The van der Waals surface area contributed by atoms with Crippen LogP contribution in [0.2, 0.25) is 0 Å². The van der Waals surface area contributed by atoms with Gasteiger partial charge in [0.05, 0.1) is 6.61 Å². The Hall–Kier alpha value is 0.400. The molecule has 0 aromatic carbocycles. The van der Waals surface area contributed by atoms with E-state index in [0.29, 0.717) is 5.41 Å². The quantitative estimate of drug-likeness (QED) is 0.493. The van der Waals surface area contributed by atoms with Crippen molar-refractivity contribution in [3.8, 4) is 0 Å². The smallest absolute Gasteiger partial charge is 0.0593 e. The highest BCUT2D eigenvalue weighted by atomic mass is 79.9. The van der Waals surface area contributed by atoms with Crippen LogP contribution < -0.4 is 0 Å². The molecule has 0 aromatic heterocycles. The fraction of sp³-hybridized carbons (Fsp3) is 1.00. The highest BCUT2D eigenvalue weighted by Gasteiger charge is 2.42. The van der Waals surface area contributed by atoms with Gasteiger partial charge < -0.3 is 9.64 Å². The molecule has 0 N–H and O–H groups in total. The lowest BCUT2D eigenvalue weighted by Gasteiger charge is -2.24. The highest BCUT2D eigenvalue weighted by molar-refractivity contribution is 9.09. The second-order valence-electron chi connectivity index (χ2n) is 4.20. The van der Waals surface area contributed by atoms with Gasteiger partial charge in [0, 0.05) is 25.0 Å². The van der Waals surface area contributed by atoms with Crippen molar-refractivity contribution in [3.05, 3.63) is 0 Å². The van der Waals surface area contributed by atoms with E-state index in [1.54, 1.807) is 0 Å². The summed E-state index contributed by atoms with van der Waals surface area (Å²) in [4.78, 5) is 2.50. The number of rotatable bonds is 8. The van der Waals surface area contributed by atoms with Crippen molar-refractivity contribution in [2.45, 2.75) is 26.7 Å². The maximum Gasteiger partial charge on any atom is 0.0593 e. The van der Waals surface area contributed by atoms with Crippen molar-refractivity contribution in [1.29, 1.82) is 0 Å². The molecule has 0 radical (unpaired) electrons. The zero-order valence-electron chi connectivity index (χ0n) is 9.39. The van der Waals surface area contributed by atoms with Crippen LogP contribution in [-0.2, 0) is 4.74 Å². The predicted molar refractivity (Wildman–Crippen MR) is 64.1 cm³/mol. The van der Waals surface area contributed by atoms with Crippen LogP contribution >= 0.6 is 15.9 Å². The number of ether oxygens (including phenoxy) is 1. The Balaban J connectivity index is 2.17. The molecule has 0 atom stereocenters. The summed E-state index contributed by atoms with van der Waals surface area (Å²) in [7, 11) is 0. The van der Waals surface area contributed by atoms with Crippen molar-refractivity contribution < 1.29 is 4.74 Å². The first-order chi connectivity index (χ1) is 6.76. The molecule has 0 bridgehead atoms. The van der Waals surface area contributed by atoms with E-state index in [1.165, 1.54) is 19.4 Å². The minimum absolute atomic E-state index is 0.599. The first-order valence-electron chi connectivity index (χ1n) is 5.62. The van der Waals surface area contributed by atoms with E-state index in [2.05, 4.69) is 34.7 Å². The largest absolute Gasteiger partial charge is 0.380 e. The molecule has 0 unspecified atom stereocenters. The SMILES string of the molecule is CCOCCN(CC)CC1(CBr)CC1. The summed E-state index contributed by atoms with van der Waals surface area (Å²) in [5, 5.41) is 1.16. The van der Waals surface area contributed by atoms with Crippen LogP contribution in [0, 0.1) is 5.41 Å². The summed E-state index contributed by atoms with van der Waals surface area (Å²) in [6.07, 6.45) is 2.78. The van der Waals surface area contributed by atoms with Crippen LogP contribution in [0.25, 0.3) is 0 Å². The Morgan fingerprint density at radius 1 is 1.36 bits per heavy atom. The molecule has 1 rings (SSSR count). The maximum atomic E-state index is 5.38. The third kappa shape index (κ3) is 3.87. The number of hydrogen-bond donors (Lipinski definition) is 0. The van der Waals surface area contributed by atoms with E-state index < -0.39 is 0 Å². The molecule has 1 aliphatic rings. The average Bonchev–Trinajstić information content (AvgIpc) is 2.97. The van der Waals surface area contributed by atoms with Crippen LogP contribution in [0.4, 0.5) is 0 Å². The Morgan fingerprint density at radius 2 is 2.07 bits per heavy atom. The van der Waals surface area contributed by atoms with E-state index in [4.69, 9.17) is 4.74 Å². The molecule has 0 spiro atoms. The van der Waals surface area contributed by atoms with Crippen LogP contribution in [0.5, 0.6) is 0 Å². The molecule has 2 nitrogen and oxygen atoms in total. The molecule has 14 heavy (non-hydrogen) atoms. The summed E-state index contributed by atoms with van der Waals surface area (Å²) in [5.74, 6) is 0. The molecule has 1 saturated carbocycles. The molecule has 0 aromatic rings. The van der Waals surface area contributed by atoms with Crippen LogP contribution in [0.3, 0.4) is 0 Å². The lowest BCUT2D eigenvalue weighted by Crippen LogP contribution is -2.33. The molecule has 0 amide bonds. The Labute approximate surface area is 96.1 Å². The summed E-state index contributed by atoms with van der Waals surface area (Å²) >= 11 is 3.62. The maximum absolute atomic E-state index is 5.38. The zero-order valence-corrected chi connectivity index (χ0v) is 11.0. The molecular formula is C11H22BrNO. The Bertz CT molecular complexity index is 159. The monoisotopic (exact) mass is 263 g/mol. The molecular weight excluding hydrogens is 242 g/mol. The lowest BCUT2D eigenvalue weighted by molar-refractivity contribution is 0.108. The van der Waals surface area contributed by atoms with E-state index in [1.807, 2.05) is 0 Å². The minimum atomic E-state index is 0.599. The fourth-order valence-corrected chi connectivity index (χ4v) is 2.41.